The number of para-hydroxylation sites is 1. The summed E-state index contributed by atoms with van der Waals surface area (Å²) in [5, 5.41) is 9.52. The third kappa shape index (κ3) is 5.92. The van der Waals surface area contributed by atoms with E-state index in [0.717, 1.165) is 60.9 Å². The van der Waals surface area contributed by atoms with Crippen LogP contribution in [-0.4, -0.2) is 0 Å². The molecule has 0 unspecified atom stereocenters. The summed E-state index contributed by atoms with van der Waals surface area (Å²) >= 11 is 0. The van der Waals surface area contributed by atoms with Gasteiger partial charge in [-0.05, 0) is 126 Å². The van der Waals surface area contributed by atoms with Crippen molar-refractivity contribution in [3.63, 3.8) is 0 Å². The Morgan fingerprint density at radius 3 is 1.70 bits per heavy atom. The molecular weight excluding hydrogens is 835 g/mol. The van der Waals surface area contributed by atoms with Gasteiger partial charge in [0.2, 0.25) is 0 Å². The van der Waals surface area contributed by atoms with E-state index in [9.17, 15) is 0 Å². The Morgan fingerprint density at radius 2 is 0.913 bits per heavy atom. The van der Waals surface area contributed by atoms with Gasteiger partial charge in [0, 0.05) is 33.1 Å². The van der Waals surface area contributed by atoms with Crippen molar-refractivity contribution >= 4 is 71.3 Å². The molecule has 0 fully saturated rings. The Labute approximate surface area is 400 Å². The summed E-state index contributed by atoms with van der Waals surface area (Å²) in [6, 6.07) is 95.7. The maximum atomic E-state index is 6.78. The first-order chi connectivity index (χ1) is 34.2. The van der Waals surface area contributed by atoms with Crippen LogP contribution in [0.15, 0.2) is 265 Å². The minimum absolute atomic E-state index is 0.555. The predicted molar refractivity (Wildman–Crippen MR) is 289 cm³/mol. The average molecular weight is 878 g/mol. The SMILES string of the molecule is c1ccc(C2(c3ccccc3)c3ccccc3-c3ccc(N(c4ccc(-c5cc6ccccc6c6ccccc56)cc4)c4ccccc4-c4cccc5oc6c7ccccc7ccc6c45)cc32)cc1. The summed E-state index contributed by atoms with van der Waals surface area (Å²) in [5.41, 5.74) is 16.6. The second-order valence-electron chi connectivity index (χ2n) is 18.3. The lowest BCUT2D eigenvalue weighted by molar-refractivity contribution is 0.673. The molecule has 0 amide bonds. The number of anilines is 3. The van der Waals surface area contributed by atoms with Crippen LogP contribution < -0.4 is 4.90 Å². The molecule has 0 saturated heterocycles. The lowest BCUT2D eigenvalue weighted by Crippen LogP contribution is -2.28. The van der Waals surface area contributed by atoms with E-state index in [0.29, 0.717) is 0 Å². The maximum Gasteiger partial charge on any atom is 0.143 e. The van der Waals surface area contributed by atoms with E-state index in [1.165, 1.54) is 66.1 Å². The number of hydrogen-bond acceptors (Lipinski definition) is 2. The molecule has 0 saturated carbocycles. The summed E-state index contributed by atoms with van der Waals surface area (Å²) in [7, 11) is 0. The highest BCUT2D eigenvalue weighted by Gasteiger charge is 2.46. The Kier molecular flexibility index (Phi) is 8.84. The van der Waals surface area contributed by atoms with E-state index >= 15 is 0 Å². The van der Waals surface area contributed by atoms with Crippen LogP contribution in [0.3, 0.4) is 0 Å². The zero-order chi connectivity index (χ0) is 45.5. The second kappa shape index (κ2) is 15.6. The Hall–Kier alpha value is -8.98. The number of hydrogen-bond donors (Lipinski definition) is 0. The highest BCUT2D eigenvalue weighted by Crippen LogP contribution is 2.58. The number of fused-ring (bicyclic) bond motifs is 11. The topological polar surface area (TPSA) is 16.4 Å². The van der Waals surface area contributed by atoms with Crippen LogP contribution in [0.25, 0.3) is 87.6 Å². The smallest absolute Gasteiger partial charge is 0.143 e. The molecule has 2 heteroatoms. The van der Waals surface area contributed by atoms with Gasteiger partial charge in [0.05, 0.1) is 11.1 Å². The molecule has 0 radical (unpaired) electrons. The van der Waals surface area contributed by atoms with Crippen molar-refractivity contribution in [2.45, 2.75) is 5.41 Å². The maximum absolute atomic E-state index is 6.78. The standard InChI is InChI=1S/C67H43NO/c1-3-20-47(21-4-1)67(48-22-5-2-6-23-48)61-31-15-13-28-55(61)56-41-39-50(43-62(56)67)68(49-37-34-45(35-38-49)60-42-46-19-8-9-24-51(46)53-26-11-12-27-54(53)60)63-32-16-14-29-57(63)58-30-17-33-64-65(58)59-40-36-44-18-7-10-25-52(44)66(59)69-64/h1-43H. The van der Waals surface area contributed by atoms with Gasteiger partial charge in [-0.3, -0.25) is 0 Å². The summed E-state index contributed by atoms with van der Waals surface area (Å²) in [4.78, 5) is 2.47. The number of nitrogens with zero attached hydrogens (tertiary/aromatic N) is 1. The number of benzene rings is 12. The first kappa shape index (κ1) is 39.2. The van der Waals surface area contributed by atoms with Gasteiger partial charge in [-0.25, -0.2) is 0 Å². The van der Waals surface area contributed by atoms with Crippen molar-refractivity contribution in [1.82, 2.24) is 0 Å². The predicted octanol–water partition coefficient (Wildman–Crippen LogP) is 18.2. The number of furan rings is 1. The van der Waals surface area contributed by atoms with Gasteiger partial charge in [0.1, 0.15) is 11.2 Å². The van der Waals surface area contributed by atoms with Crippen molar-refractivity contribution in [2.75, 3.05) is 4.90 Å². The molecule has 0 spiro atoms. The van der Waals surface area contributed by atoms with Gasteiger partial charge in [-0.15, -0.1) is 0 Å². The van der Waals surface area contributed by atoms with E-state index in [1.54, 1.807) is 0 Å². The van der Waals surface area contributed by atoms with E-state index in [4.69, 9.17) is 4.42 Å². The van der Waals surface area contributed by atoms with Crippen LogP contribution in [0.4, 0.5) is 17.1 Å². The fraction of sp³-hybridized carbons (Fsp3) is 0.0149. The van der Waals surface area contributed by atoms with Gasteiger partial charge in [-0.1, -0.05) is 212 Å². The molecule has 0 bridgehead atoms. The molecule has 0 atom stereocenters. The molecule has 1 aliphatic carbocycles. The minimum atomic E-state index is -0.555. The first-order valence-corrected chi connectivity index (χ1v) is 23.8. The van der Waals surface area contributed by atoms with Crippen LogP contribution in [0.1, 0.15) is 22.3 Å². The monoisotopic (exact) mass is 877 g/mol. The van der Waals surface area contributed by atoms with Crippen molar-refractivity contribution in [3.8, 4) is 33.4 Å². The molecule has 1 heterocycles. The van der Waals surface area contributed by atoms with Gasteiger partial charge in [-0.2, -0.15) is 0 Å². The van der Waals surface area contributed by atoms with Gasteiger partial charge < -0.3 is 9.32 Å². The molecule has 14 rings (SSSR count). The van der Waals surface area contributed by atoms with Gasteiger partial charge in [0.25, 0.3) is 0 Å². The highest BCUT2D eigenvalue weighted by atomic mass is 16.3. The molecule has 13 aromatic rings. The molecule has 2 nitrogen and oxygen atoms in total. The quantitative estimate of drug-likeness (QED) is 0.148. The summed E-state index contributed by atoms with van der Waals surface area (Å²) in [5.74, 6) is 0. The highest BCUT2D eigenvalue weighted by molar-refractivity contribution is 6.20. The average Bonchev–Trinajstić information content (AvgIpc) is 3.96. The van der Waals surface area contributed by atoms with Crippen LogP contribution in [0.5, 0.6) is 0 Å². The first-order valence-electron chi connectivity index (χ1n) is 23.8. The molecule has 1 aliphatic rings. The molecule has 322 valence electrons. The largest absolute Gasteiger partial charge is 0.455 e. The van der Waals surface area contributed by atoms with Crippen LogP contribution in [-0.2, 0) is 5.41 Å². The van der Waals surface area contributed by atoms with Crippen LogP contribution in [0, 0.1) is 0 Å². The second-order valence-corrected chi connectivity index (χ2v) is 18.3. The van der Waals surface area contributed by atoms with E-state index < -0.39 is 5.41 Å². The number of rotatable bonds is 7. The molecule has 1 aromatic heterocycles. The molecule has 12 aromatic carbocycles. The van der Waals surface area contributed by atoms with Crippen LogP contribution in [0.2, 0.25) is 0 Å². The zero-order valence-electron chi connectivity index (χ0n) is 37.7. The Bertz CT molecular complexity index is 4090. The fourth-order valence-electron chi connectivity index (χ4n) is 11.8. The fourth-order valence-corrected chi connectivity index (χ4v) is 11.8. The lowest BCUT2D eigenvalue weighted by Gasteiger charge is -2.35. The summed E-state index contributed by atoms with van der Waals surface area (Å²) in [6.07, 6.45) is 0. The Morgan fingerprint density at radius 1 is 0.319 bits per heavy atom. The molecule has 0 N–H and O–H groups in total. The minimum Gasteiger partial charge on any atom is -0.455 e. The molecular formula is C67H43NO. The lowest BCUT2D eigenvalue weighted by atomic mass is 9.67. The zero-order valence-corrected chi connectivity index (χ0v) is 37.7. The van der Waals surface area contributed by atoms with E-state index in [2.05, 4.69) is 266 Å². The van der Waals surface area contributed by atoms with E-state index in [-0.39, 0.29) is 0 Å². The summed E-state index contributed by atoms with van der Waals surface area (Å²) < 4.78 is 6.78. The normalized spacial score (nSPS) is 12.8. The molecule has 69 heavy (non-hydrogen) atoms. The third-order valence-corrected chi connectivity index (χ3v) is 14.7. The van der Waals surface area contributed by atoms with Crippen molar-refractivity contribution < 1.29 is 4.42 Å². The van der Waals surface area contributed by atoms with Crippen molar-refractivity contribution in [2.24, 2.45) is 0 Å². The van der Waals surface area contributed by atoms with Crippen molar-refractivity contribution in [3.05, 3.63) is 283 Å². The van der Waals surface area contributed by atoms with Gasteiger partial charge in [0.15, 0.2) is 0 Å². The van der Waals surface area contributed by atoms with Crippen LogP contribution >= 0.6 is 0 Å². The Balaban J connectivity index is 1.02. The molecule has 0 aliphatic heterocycles. The van der Waals surface area contributed by atoms with E-state index in [1.807, 2.05) is 0 Å². The van der Waals surface area contributed by atoms with Crippen molar-refractivity contribution in [1.29, 1.82) is 0 Å². The van der Waals surface area contributed by atoms with Gasteiger partial charge >= 0.3 is 0 Å². The summed E-state index contributed by atoms with van der Waals surface area (Å²) in [6.45, 7) is 0. The third-order valence-electron chi connectivity index (χ3n) is 14.7.